The Balaban J connectivity index is 1.80. The van der Waals surface area contributed by atoms with Crippen LogP contribution in [0.5, 0.6) is 0 Å². The predicted molar refractivity (Wildman–Crippen MR) is 46.6 cm³/mol. The van der Waals surface area contributed by atoms with E-state index in [9.17, 15) is 0 Å². The molecule has 0 spiro atoms. The number of hydrogen-bond acceptors (Lipinski definition) is 4. The molecule has 2 heterocycles. The molecule has 4 heteroatoms. The molecule has 2 fully saturated rings. The predicted octanol–water partition coefficient (Wildman–Crippen LogP) is -0.733. The van der Waals surface area contributed by atoms with Crippen LogP contribution in [0.4, 0.5) is 0 Å². The molecule has 2 saturated heterocycles. The van der Waals surface area contributed by atoms with Crippen molar-refractivity contribution in [1.29, 1.82) is 0 Å². The van der Waals surface area contributed by atoms with Gasteiger partial charge in [-0.2, -0.15) is 0 Å². The van der Waals surface area contributed by atoms with E-state index in [1.807, 2.05) is 5.01 Å². The molecule has 0 aromatic carbocycles. The summed E-state index contributed by atoms with van der Waals surface area (Å²) in [6, 6.07) is 0.665. The van der Waals surface area contributed by atoms with E-state index in [-0.39, 0.29) is 0 Å². The lowest BCUT2D eigenvalue weighted by Gasteiger charge is -2.35. The second-order valence-corrected chi connectivity index (χ2v) is 3.59. The maximum absolute atomic E-state index is 5.67. The lowest BCUT2D eigenvalue weighted by Crippen LogP contribution is -2.52. The molecule has 0 saturated carbocycles. The monoisotopic (exact) mass is 171 g/mol. The highest BCUT2D eigenvalue weighted by Gasteiger charge is 2.25. The Labute approximate surface area is 73.2 Å². The second-order valence-electron chi connectivity index (χ2n) is 3.59. The Morgan fingerprint density at radius 1 is 1.17 bits per heavy atom. The number of nitrogens with zero attached hydrogens (tertiary/aromatic N) is 2. The Hall–Kier alpha value is -0.160. The highest BCUT2D eigenvalue weighted by atomic mass is 16.5. The van der Waals surface area contributed by atoms with Gasteiger partial charge in [-0.15, -0.1) is 0 Å². The normalized spacial score (nSPS) is 34.2. The second kappa shape index (κ2) is 3.70. The molecule has 0 aliphatic carbocycles. The molecule has 0 amide bonds. The van der Waals surface area contributed by atoms with Crippen LogP contribution in [-0.4, -0.2) is 55.3 Å². The van der Waals surface area contributed by atoms with Gasteiger partial charge in [0.1, 0.15) is 0 Å². The molecule has 2 aliphatic heterocycles. The van der Waals surface area contributed by atoms with Crippen molar-refractivity contribution in [2.75, 3.05) is 39.4 Å². The fraction of sp³-hybridized carbons (Fsp3) is 1.00. The number of hydrogen-bond donors (Lipinski definition) is 1. The quantitative estimate of drug-likeness (QED) is 0.528. The molecule has 0 radical (unpaired) electrons. The van der Waals surface area contributed by atoms with Gasteiger partial charge < -0.3 is 4.74 Å². The SMILES string of the molecule is NN1CCN(C2CCOC2)CC1. The summed E-state index contributed by atoms with van der Waals surface area (Å²) >= 11 is 0. The van der Waals surface area contributed by atoms with Gasteiger partial charge in [0.05, 0.1) is 6.61 Å². The minimum atomic E-state index is 0.665. The Morgan fingerprint density at radius 3 is 2.50 bits per heavy atom. The highest BCUT2D eigenvalue weighted by molar-refractivity contribution is 4.79. The van der Waals surface area contributed by atoms with Crippen molar-refractivity contribution in [3.8, 4) is 0 Å². The number of nitrogens with two attached hydrogens (primary N) is 1. The van der Waals surface area contributed by atoms with Gasteiger partial charge in [0.15, 0.2) is 0 Å². The van der Waals surface area contributed by atoms with Crippen LogP contribution < -0.4 is 5.84 Å². The van der Waals surface area contributed by atoms with Gasteiger partial charge in [-0.05, 0) is 6.42 Å². The van der Waals surface area contributed by atoms with E-state index in [0.29, 0.717) is 6.04 Å². The molecule has 0 aromatic rings. The van der Waals surface area contributed by atoms with Gasteiger partial charge in [-0.3, -0.25) is 10.7 Å². The van der Waals surface area contributed by atoms with E-state index in [0.717, 1.165) is 39.4 Å². The van der Waals surface area contributed by atoms with E-state index >= 15 is 0 Å². The zero-order valence-electron chi connectivity index (χ0n) is 7.41. The summed E-state index contributed by atoms with van der Waals surface area (Å²) in [5, 5.41) is 1.90. The van der Waals surface area contributed by atoms with E-state index in [4.69, 9.17) is 10.6 Å². The van der Waals surface area contributed by atoms with Crippen LogP contribution in [-0.2, 0) is 4.74 Å². The summed E-state index contributed by atoms with van der Waals surface area (Å²) in [5.74, 6) is 5.67. The highest BCUT2D eigenvalue weighted by Crippen LogP contribution is 2.13. The Bertz CT molecular complexity index is 139. The third kappa shape index (κ3) is 1.77. The smallest absolute Gasteiger partial charge is 0.0622 e. The van der Waals surface area contributed by atoms with Crippen molar-refractivity contribution >= 4 is 0 Å². The van der Waals surface area contributed by atoms with Crippen molar-refractivity contribution in [3.63, 3.8) is 0 Å². The van der Waals surface area contributed by atoms with Crippen molar-refractivity contribution in [2.24, 2.45) is 5.84 Å². The summed E-state index contributed by atoms with van der Waals surface area (Å²) in [6.45, 7) is 6.06. The van der Waals surface area contributed by atoms with Crippen molar-refractivity contribution in [1.82, 2.24) is 9.91 Å². The largest absolute Gasteiger partial charge is 0.380 e. The molecule has 0 aromatic heterocycles. The van der Waals surface area contributed by atoms with Crippen LogP contribution in [0.3, 0.4) is 0 Å². The third-order valence-corrected chi connectivity index (χ3v) is 2.77. The molecule has 70 valence electrons. The van der Waals surface area contributed by atoms with Crippen LogP contribution in [0, 0.1) is 0 Å². The molecule has 12 heavy (non-hydrogen) atoms. The summed E-state index contributed by atoms with van der Waals surface area (Å²) in [5.41, 5.74) is 0. The fourth-order valence-corrected chi connectivity index (χ4v) is 1.91. The first kappa shape index (κ1) is 8.44. The van der Waals surface area contributed by atoms with E-state index in [1.54, 1.807) is 0 Å². The molecule has 1 atom stereocenters. The van der Waals surface area contributed by atoms with Gasteiger partial charge in [-0.25, -0.2) is 5.01 Å². The standard InChI is InChI=1S/C8H17N3O/c9-11-4-2-10(3-5-11)8-1-6-12-7-8/h8H,1-7,9H2. The number of piperazine rings is 1. The molecule has 0 bridgehead atoms. The van der Waals surface area contributed by atoms with E-state index in [2.05, 4.69) is 4.90 Å². The number of rotatable bonds is 1. The molecular formula is C8H17N3O. The first-order chi connectivity index (χ1) is 5.86. The lowest BCUT2D eigenvalue weighted by molar-refractivity contribution is 0.0851. The molecule has 2 N–H and O–H groups in total. The first-order valence-electron chi connectivity index (χ1n) is 4.68. The molecule has 2 aliphatic rings. The minimum Gasteiger partial charge on any atom is -0.380 e. The fourth-order valence-electron chi connectivity index (χ4n) is 1.91. The van der Waals surface area contributed by atoms with Gasteiger partial charge in [0.2, 0.25) is 0 Å². The van der Waals surface area contributed by atoms with E-state index in [1.165, 1.54) is 6.42 Å². The summed E-state index contributed by atoms with van der Waals surface area (Å²) < 4.78 is 5.35. The van der Waals surface area contributed by atoms with E-state index < -0.39 is 0 Å². The third-order valence-electron chi connectivity index (χ3n) is 2.77. The van der Waals surface area contributed by atoms with Crippen LogP contribution in [0.2, 0.25) is 0 Å². The van der Waals surface area contributed by atoms with Crippen LogP contribution in [0.15, 0.2) is 0 Å². The van der Waals surface area contributed by atoms with Crippen molar-refractivity contribution < 1.29 is 4.74 Å². The van der Waals surface area contributed by atoms with Crippen LogP contribution >= 0.6 is 0 Å². The van der Waals surface area contributed by atoms with Gasteiger partial charge in [0, 0.05) is 38.8 Å². The van der Waals surface area contributed by atoms with Crippen molar-refractivity contribution in [2.45, 2.75) is 12.5 Å². The first-order valence-corrected chi connectivity index (χ1v) is 4.68. The van der Waals surface area contributed by atoms with Crippen LogP contribution in [0.25, 0.3) is 0 Å². The zero-order valence-corrected chi connectivity index (χ0v) is 7.41. The summed E-state index contributed by atoms with van der Waals surface area (Å²) in [7, 11) is 0. The van der Waals surface area contributed by atoms with Gasteiger partial charge in [-0.1, -0.05) is 0 Å². The van der Waals surface area contributed by atoms with Gasteiger partial charge in [0.25, 0.3) is 0 Å². The molecule has 4 nitrogen and oxygen atoms in total. The number of ether oxygens (including phenoxy) is 1. The average Bonchev–Trinajstić information content (AvgIpc) is 2.58. The Morgan fingerprint density at radius 2 is 1.92 bits per heavy atom. The Kier molecular flexibility index (Phi) is 2.60. The maximum Gasteiger partial charge on any atom is 0.0622 e. The average molecular weight is 171 g/mol. The molecule has 1 unspecified atom stereocenters. The van der Waals surface area contributed by atoms with Crippen LogP contribution in [0.1, 0.15) is 6.42 Å². The summed E-state index contributed by atoms with van der Waals surface area (Å²) in [6.07, 6.45) is 1.20. The molecular weight excluding hydrogens is 154 g/mol. The number of hydrazine groups is 1. The topological polar surface area (TPSA) is 41.7 Å². The lowest BCUT2D eigenvalue weighted by atomic mass is 10.2. The summed E-state index contributed by atoms with van der Waals surface area (Å²) in [4.78, 5) is 2.50. The molecule has 2 rings (SSSR count). The zero-order chi connectivity index (χ0) is 8.39. The van der Waals surface area contributed by atoms with Gasteiger partial charge >= 0.3 is 0 Å². The maximum atomic E-state index is 5.67. The van der Waals surface area contributed by atoms with Crippen molar-refractivity contribution in [3.05, 3.63) is 0 Å². The minimum absolute atomic E-state index is 0.665.